The highest BCUT2D eigenvalue weighted by molar-refractivity contribution is 6.74. The van der Waals surface area contributed by atoms with Crippen LogP contribution in [0.15, 0.2) is 0 Å². The van der Waals surface area contributed by atoms with Gasteiger partial charge in [-0.3, -0.25) is 0 Å². The van der Waals surface area contributed by atoms with E-state index in [1.807, 2.05) is 33.9 Å². The van der Waals surface area contributed by atoms with Crippen molar-refractivity contribution in [2.24, 2.45) is 0 Å². The second-order valence-corrected chi connectivity index (χ2v) is 10.7. The lowest BCUT2D eigenvalue weighted by atomic mass is 10.2. The summed E-state index contributed by atoms with van der Waals surface area (Å²) in [6, 6.07) is 0. The molecule has 1 saturated heterocycles. The molecule has 17 heavy (non-hydrogen) atoms. The van der Waals surface area contributed by atoms with Crippen LogP contribution in [0.25, 0.3) is 0 Å². The van der Waals surface area contributed by atoms with Gasteiger partial charge in [0.15, 0.2) is 20.6 Å². The fraction of sp³-hybridized carbons (Fsp3) is 0.909. The van der Waals surface area contributed by atoms with Gasteiger partial charge in [-0.2, -0.15) is 0 Å². The van der Waals surface area contributed by atoms with Gasteiger partial charge in [-0.05, 0) is 18.1 Å². The maximum absolute atomic E-state index is 13.6. The predicted molar refractivity (Wildman–Crippen MR) is 64.3 cm³/mol. The van der Waals surface area contributed by atoms with Gasteiger partial charge < -0.3 is 14.3 Å². The summed E-state index contributed by atoms with van der Waals surface area (Å²) in [7, 11) is -2.18. The minimum atomic E-state index is -2.18. The first-order chi connectivity index (χ1) is 7.56. The number of rotatable bonds is 3. The summed E-state index contributed by atoms with van der Waals surface area (Å²) in [6.07, 6.45) is -3.52. The van der Waals surface area contributed by atoms with E-state index in [0.29, 0.717) is 0 Å². The van der Waals surface area contributed by atoms with Crippen molar-refractivity contribution in [3.05, 3.63) is 0 Å². The number of hydrogen-bond acceptors (Lipinski definition) is 3. The Morgan fingerprint density at radius 1 is 1.47 bits per heavy atom. The van der Waals surface area contributed by atoms with E-state index in [4.69, 9.17) is 14.3 Å². The van der Waals surface area contributed by atoms with Crippen LogP contribution in [-0.4, -0.2) is 44.4 Å². The van der Waals surface area contributed by atoms with Gasteiger partial charge in [0.25, 0.3) is 0 Å². The largest absolute Gasteiger partial charge is 0.479 e. The highest BCUT2D eigenvalue weighted by Gasteiger charge is 2.48. The number of carbonyl (C=O) groups is 1. The third kappa shape index (κ3) is 3.05. The van der Waals surface area contributed by atoms with Crippen molar-refractivity contribution in [2.75, 3.05) is 6.61 Å². The molecule has 1 aliphatic rings. The molecule has 0 aromatic carbocycles. The Balaban J connectivity index is 2.82. The molecule has 0 saturated carbocycles. The molecule has 1 aliphatic heterocycles. The summed E-state index contributed by atoms with van der Waals surface area (Å²) in [5, 5.41) is 8.86. The van der Waals surface area contributed by atoms with E-state index in [1.165, 1.54) is 0 Å². The molecule has 0 spiro atoms. The molecule has 0 aromatic heterocycles. The van der Waals surface area contributed by atoms with Crippen molar-refractivity contribution in [1.82, 2.24) is 0 Å². The highest BCUT2D eigenvalue weighted by atomic mass is 28.4. The van der Waals surface area contributed by atoms with Crippen LogP contribution in [0.5, 0.6) is 0 Å². The standard InChI is InChI=1S/C11H21FO4Si/c1-11(2,3)17(4,5)16-8-7(12)6-15-9(8)10(13)14/h7-9H,6H2,1-5H3,(H,13,14)/t7-,8+,9+/m0/s1. The molecule has 0 radical (unpaired) electrons. The monoisotopic (exact) mass is 264 g/mol. The van der Waals surface area contributed by atoms with Crippen molar-refractivity contribution in [3.63, 3.8) is 0 Å². The predicted octanol–water partition coefficient (Wildman–Crippen LogP) is 2.20. The normalized spacial score (nSPS) is 30.6. The Labute approximate surface area is 102 Å². The maximum Gasteiger partial charge on any atom is 0.335 e. The fourth-order valence-electron chi connectivity index (χ4n) is 1.44. The number of alkyl halides is 1. The van der Waals surface area contributed by atoms with E-state index in [0.717, 1.165) is 0 Å². The van der Waals surface area contributed by atoms with E-state index in [1.54, 1.807) is 0 Å². The van der Waals surface area contributed by atoms with E-state index >= 15 is 0 Å². The summed E-state index contributed by atoms with van der Waals surface area (Å²) in [6.45, 7) is 9.82. The second-order valence-electron chi connectivity index (χ2n) is 5.95. The van der Waals surface area contributed by atoms with Gasteiger partial charge in [0.05, 0.1) is 6.61 Å². The molecule has 3 atom stereocenters. The molecule has 1 N–H and O–H groups in total. The molecule has 0 bridgehead atoms. The van der Waals surface area contributed by atoms with E-state index in [9.17, 15) is 9.18 Å². The molecule has 1 rings (SSSR count). The average molecular weight is 264 g/mol. The summed E-state index contributed by atoms with van der Waals surface area (Å²) in [4.78, 5) is 10.9. The van der Waals surface area contributed by atoms with Crippen molar-refractivity contribution in [3.8, 4) is 0 Å². The second kappa shape index (κ2) is 4.66. The zero-order chi connectivity index (χ0) is 13.4. The molecular formula is C11H21FO4Si. The Kier molecular flexibility index (Phi) is 4.00. The van der Waals surface area contributed by atoms with Crippen LogP contribution in [0.3, 0.4) is 0 Å². The molecule has 100 valence electrons. The SMILES string of the molecule is CC(C)(C)[Si](C)(C)O[C@@H]1[C@@H](F)CO[C@H]1C(=O)O. The van der Waals surface area contributed by atoms with Gasteiger partial charge in [-0.15, -0.1) is 0 Å². The third-order valence-electron chi connectivity index (χ3n) is 3.57. The van der Waals surface area contributed by atoms with Crippen molar-refractivity contribution in [2.45, 2.75) is 57.3 Å². The van der Waals surface area contributed by atoms with Gasteiger partial charge in [-0.25, -0.2) is 9.18 Å². The van der Waals surface area contributed by atoms with E-state index in [2.05, 4.69) is 0 Å². The molecule has 0 amide bonds. The number of carboxylic acids is 1. The lowest BCUT2D eigenvalue weighted by Crippen LogP contribution is -2.49. The molecule has 1 fully saturated rings. The Morgan fingerprint density at radius 2 is 2.00 bits per heavy atom. The molecule has 6 heteroatoms. The Hall–Kier alpha value is -0.463. The lowest BCUT2D eigenvalue weighted by Gasteiger charge is -2.39. The minimum absolute atomic E-state index is 0.0850. The van der Waals surface area contributed by atoms with Gasteiger partial charge in [0.2, 0.25) is 0 Å². The topological polar surface area (TPSA) is 55.8 Å². The molecular weight excluding hydrogens is 243 g/mol. The third-order valence-corrected chi connectivity index (χ3v) is 8.04. The first-order valence-corrected chi connectivity index (χ1v) is 8.63. The van der Waals surface area contributed by atoms with E-state index in [-0.39, 0.29) is 11.6 Å². The summed E-state index contributed by atoms with van der Waals surface area (Å²) in [5.41, 5.74) is 0. The first-order valence-electron chi connectivity index (χ1n) is 5.72. The number of halogens is 1. The quantitative estimate of drug-likeness (QED) is 0.794. The zero-order valence-electron chi connectivity index (χ0n) is 11.0. The van der Waals surface area contributed by atoms with Gasteiger partial charge in [-0.1, -0.05) is 20.8 Å². The van der Waals surface area contributed by atoms with Crippen LogP contribution in [0.1, 0.15) is 20.8 Å². The molecule has 0 aliphatic carbocycles. The van der Waals surface area contributed by atoms with E-state index < -0.39 is 32.7 Å². The van der Waals surface area contributed by atoms with Crippen molar-refractivity contribution < 1.29 is 23.5 Å². The van der Waals surface area contributed by atoms with Gasteiger partial charge in [0.1, 0.15) is 6.10 Å². The average Bonchev–Trinajstić information content (AvgIpc) is 2.45. The van der Waals surface area contributed by atoms with Crippen LogP contribution in [-0.2, 0) is 14.0 Å². The molecule has 0 unspecified atom stereocenters. The highest BCUT2D eigenvalue weighted by Crippen LogP contribution is 2.39. The molecule has 1 heterocycles. The molecule has 4 nitrogen and oxygen atoms in total. The minimum Gasteiger partial charge on any atom is -0.479 e. The van der Waals surface area contributed by atoms with Crippen LogP contribution in [0.4, 0.5) is 4.39 Å². The van der Waals surface area contributed by atoms with Gasteiger partial charge >= 0.3 is 5.97 Å². The number of aliphatic carboxylic acids is 1. The lowest BCUT2D eigenvalue weighted by molar-refractivity contribution is -0.150. The van der Waals surface area contributed by atoms with Crippen molar-refractivity contribution in [1.29, 1.82) is 0 Å². The summed E-state index contributed by atoms with van der Waals surface area (Å²) in [5.74, 6) is -1.16. The molecule has 0 aromatic rings. The summed E-state index contributed by atoms with van der Waals surface area (Å²) >= 11 is 0. The first kappa shape index (κ1) is 14.6. The fourth-order valence-corrected chi connectivity index (χ4v) is 2.74. The maximum atomic E-state index is 13.6. The van der Waals surface area contributed by atoms with Crippen LogP contribution < -0.4 is 0 Å². The smallest absolute Gasteiger partial charge is 0.335 e. The zero-order valence-corrected chi connectivity index (χ0v) is 12.0. The number of carboxylic acid groups (broad SMARTS) is 1. The van der Waals surface area contributed by atoms with Crippen molar-refractivity contribution >= 4 is 14.3 Å². The van der Waals surface area contributed by atoms with Crippen LogP contribution >= 0.6 is 0 Å². The Morgan fingerprint density at radius 3 is 2.41 bits per heavy atom. The van der Waals surface area contributed by atoms with Crippen LogP contribution in [0.2, 0.25) is 18.1 Å². The van der Waals surface area contributed by atoms with Gasteiger partial charge in [0, 0.05) is 0 Å². The Bertz CT molecular complexity index is 300. The number of hydrogen-bond donors (Lipinski definition) is 1. The number of ether oxygens (including phenoxy) is 1. The summed E-state index contributed by atoms with van der Waals surface area (Å²) < 4.78 is 24.4. The van der Waals surface area contributed by atoms with Crippen LogP contribution in [0, 0.1) is 0 Å².